The third-order valence-corrected chi connectivity index (χ3v) is 1.31. The van der Waals surface area contributed by atoms with Crippen molar-refractivity contribution in [3.8, 4) is 0 Å². The van der Waals surface area contributed by atoms with Gasteiger partial charge in [0, 0.05) is 6.54 Å². The predicted octanol–water partition coefficient (Wildman–Crippen LogP) is 1.30. The van der Waals surface area contributed by atoms with Crippen molar-refractivity contribution in [2.75, 3.05) is 13.1 Å². The molecule has 3 heteroatoms. The van der Waals surface area contributed by atoms with Crippen molar-refractivity contribution >= 4 is 0 Å². The highest BCUT2D eigenvalue weighted by atomic mass is 19.2. The van der Waals surface area contributed by atoms with E-state index in [9.17, 15) is 8.87 Å². The molecule has 1 atom stereocenters. The van der Waals surface area contributed by atoms with Gasteiger partial charge in [-0.05, 0) is 12.8 Å². The molecule has 1 nitrogen and oxygen atoms in total. The quantitative estimate of drug-likeness (QED) is 0.437. The van der Waals surface area contributed by atoms with Gasteiger partial charge in [-0.15, -0.1) is 9.60 Å². The lowest BCUT2D eigenvalue weighted by Crippen LogP contribution is -2.29. The third-order valence-electron chi connectivity index (χ3n) is 1.31. The van der Waals surface area contributed by atoms with Gasteiger partial charge in [-0.2, -0.15) is 0 Å². The molecular weight excluding hydrogens is 112 g/mol. The number of hydrogen-bond donors (Lipinski definition) is 0. The van der Waals surface area contributed by atoms with Gasteiger partial charge in [0.1, 0.15) is 6.17 Å². The van der Waals surface area contributed by atoms with Crippen LogP contribution in [0.4, 0.5) is 8.87 Å². The van der Waals surface area contributed by atoms with Crippen molar-refractivity contribution in [3.05, 3.63) is 0 Å². The molecule has 0 aliphatic carbocycles. The second-order valence-electron chi connectivity index (χ2n) is 2.11. The number of hydrogen-bond acceptors (Lipinski definition) is 1. The van der Waals surface area contributed by atoms with E-state index in [4.69, 9.17) is 0 Å². The molecular formula is C5H9F2N. The maximum absolute atomic E-state index is 12.2. The Morgan fingerprint density at radius 2 is 2.25 bits per heavy atom. The second kappa shape index (κ2) is 2.40. The minimum absolute atomic E-state index is 0.0278. The normalized spacial score (nSPS) is 33.0. The Hall–Kier alpha value is -0.180. The number of nitrogens with zero attached hydrogens (tertiary/aromatic N) is 1. The van der Waals surface area contributed by atoms with Crippen LogP contribution >= 0.6 is 0 Å². The Labute approximate surface area is 47.2 Å². The van der Waals surface area contributed by atoms with E-state index < -0.39 is 6.17 Å². The minimum Gasteiger partial charge on any atom is -0.246 e. The summed E-state index contributed by atoms with van der Waals surface area (Å²) in [7, 11) is 0. The lowest BCUT2D eigenvalue weighted by Gasteiger charge is -2.19. The van der Waals surface area contributed by atoms with Gasteiger partial charge in [-0.3, -0.25) is 0 Å². The summed E-state index contributed by atoms with van der Waals surface area (Å²) >= 11 is 0. The first kappa shape index (κ1) is 5.95. The Balaban J connectivity index is 2.23. The van der Waals surface area contributed by atoms with Crippen molar-refractivity contribution in [1.29, 1.82) is 0 Å². The van der Waals surface area contributed by atoms with Gasteiger partial charge in [0.25, 0.3) is 0 Å². The molecule has 1 saturated heterocycles. The van der Waals surface area contributed by atoms with Gasteiger partial charge in [0.15, 0.2) is 0 Å². The summed E-state index contributed by atoms with van der Waals surface area (Å²) in [5, 5.41) is 0.536. The monoisotopic (exact) mass is 121 g/mol. The molecule has 1 aliphatic rings. The first-order valence-corrected chi connectivity index (χ1v) is 2.84. The summed E-state index contributed by atoms with van der Waals surface area (Å²) < 4.78 is 24.2. The average Bonchev–Trinajstić information content (AvgIpc) is 1.64. The zero-order chi connectivity index (χ0) is 5.98. The van der Waals surface area contributed by atoms with Crippen molar-refractivity contribution in [3.63, 3.8) is 0 Å². The van der Waals surface area contributed by atoms with E-state index in [0.29, 0.717) is 24.5 Å². The van der Waals surface area contributed by atoms with Crippen LogP contribution in [0.3, 0.4) is 0 Å². The summed E-state index contributed by atoms with van der Waals surface area (Å²) in [5.41, 5.74) is 0. The van der Waals surface area contributed by atoms with E-state index in [1.54, 1.807) is 0 Å². The molecule has 0 radical (unpaired) electrons. The molecule has 48 valence electrons. The van der Waals surface area contributed by atoms with Crippen LogP contribution < -0.4 is 0 Å². The van der Waals surface area contributed by atoms with Crippen LogP contribution in [0.1, 0.15) is 12.8 Å². The van der Waals surface area contributed by atoms with Crippen molar-refractivity contribution < 1.29 is 8.87 Å². The highest BCUT2D eigenvalue weighted by Crippen LogP contribution is 2.11. The van der Waals surface area contributed by atoms with E-state index in [2.05, 4.69) is 0 Å². The van der Waals surface area contributed by atoms with Gasteiger partial charge in [-0.25, -0.2) is 4.39 Å². The van der Waals surface area contributed by atoms with E-state index >= 15 is 0 Å². The van der Waals surface area contributed by atoms with E-state index in [0.717, 1.165) is 0 Å². The fraction of sp³-hybridized carbons (Fsp3) is 1.00. The van der Waals surface area contributed by atoms with Crippen LogP contribution in [0.15, 0.2) is 0 Å². The highest BCUT2D eigenvalue weighted by Gasteiger charge is 2.17. The van der Waals surface area contributed by atoms with Gasteiger partial charge in [0.2, 0.25) is 0 Å². The zero-order valence-corrected chi connectivity index (χ0v) is 4.61. The first-order chi connectivity index (χ1) is 3.79. The number of halogens is 2. The second-order valence-corrected chi connectivity index (χ2v) is 2.11. The maximum Gasteiger partial charge on any atom is 0.115 e. The molecule has 1 unspecified atom stereocenters. The molecule has 0 bridgehead atoms. The Morgan fingerprint density at radius 3 is 2.62 bits per heavy atom. The fourth-order valence-electron chi connectivity index (χ4n) is 0.882. The molecule has 0 N–H and O–H groups in total. The lowest BCUT2D eigenvalue weighted by molar-refractivity contribution is -0.0239. The number of piperidine rings is 1. The van der Waals surface area contributed by atoms with E-state index in [1.807, 2.05) is 0 Å². The molecule has 1 aliphatic heterocycles. The molecule has 0 saturated carbocycles. The van der Waals surface area contributed by atoms with Crippen LogP contribution in [0.5, 0.6) is 0 Å². The van der Waals surface area contributed by atoms with Crippen LogP contribution in [0.2, 0.25) is 0 Å². The molecule has 0 aromatic carbocycles. The predicted molar refractivity (Wildman–Crippen MR) is 26.8 cm³/mol. The summed E-state index contributed by atoms with van der Waals surface area (Å²) in [6, 6.07) is 0. The molecule has 0 spiro atoms. The van der Waals surface area contributed by atoms with Crippen molar-refractivity contribution in [2.45, 2.75) is 19.0 Å². The lowest BCUT2D eigenvalue weighted by atomic mass is 10.1. The SMILES string of the molecule is FC1CCCN(F)C1. The van der Waals surface area contributed by atoms with Crippen molar-refractivity contribution in [2.24, 2.45) is 0 Å². The number of alkyl halides is 1. The van der Waals surface area contributed by atoms with Gasteiger partial charge in [0.05, 0.1) is 6.54 Å². The van der Waals surface area contributed by atoms with E-state index in [1.165, 1.54) is 0 Å². The van der Waals surface area contributed by atoms with E-state index in [-0.39, 0.29) is 6.54 Å². The largest absolute Gasteiger partial charge is 0.246 e. The molecule has 8 heavy (non-hydrogen) atoms. The minimum atomic E-state index is -0.936. The van der Waals surface area contributed by atoms with Crippen LogP contribution in [-0.2, 0) is 0 Å². The van der Waals surface area contributed by atoms with Crippen LogP contribution in [-0.4, -0.2) is 24.4 Å². The molecule has 0 aromatic heterocycles. The summed E-state index contributed by atoms with van der Waals surface area (Å²) in [5.74, 6) is 0. The zero-order valence-electron chi connectivity index (χ0n) is 4.61. The summed E-state index contributed by atoms with van der Waals surface area (Å²) in [4.78, 5) is 0. The Morgan fingerprint density at radius 1 is 1.50 bits per heavy atom. The van der Waals surface area contributed by atoms with Gasteiger partial charge < -0.3 is 0 Å². The van der Waals surface area contributed by atoms with Crippen LogP contribution in [0, 0.1) is 0 Å². The van der Waals surface area contributed by atoms with Crippen LogP contribution in [0.25, 0.3) is 0 Å². The topological polar surface area (TPSA) is 3.24 Å². The maximum atomic E-state index is 12.2. The molecule has 0 aromatic rings. The fourth-order valence-corrected chi connectivity index (χ4v) is 0.882. The summed E-state index contributed by atoms with van der Waals surface area (Å²) in [6.07, 6.45) is 0.242. The van der Waals surface area contributed by atoms with Crippen molar-refractivity contribution in [1.82, 2.24) is 5.12 Å². The van der Waals surface area contributed by atoms with Gasteiger partial charge in [-0.1, -0.05) is 0 Å². The summed E-state index contributed by atoms with van der Waals surface area (Å²) in [6.45, 7) is 0.375. The molecule has 1 fully saturated rings. The molecule has 0 amide bonds. The molecule has 1 heterocycles. The molecule has 1 rings (SSSR count). The third kappa shape index (κ3) is 1.40. The first-order valence-electron chi connectivity index (χ1n) is 2.84. The number of rotatable bonds is 0. The van der Waals surface area contributed by atoms with Gasteiger partial charge >= 0.3 is 0 Å². The highest BCUT2D eigenvalue weighted by molar-refractivity contribution is 4.65. The average molecular weight is 121 g/mol. The Bertz CT molecular complexity index is 68.8. The smallest absolute Gasteiger partial charge is 0.115 e. The standard InChI is InChI=1S/C5H9F2N/c6-5-2-1-3-8(7)4-5/h5H,1-4H2. The Kier molecular flexibility index (Phi) is 1.78.